The lowest BCUT2D eigenvalue weighted by Gasteiger charge is -2.30. The molecule has 2 N–H and O–H groups in total. The van der Waals surface area contributed by atoms with Gasteiger partial charge in [0.1, 0.15) is 5.75 Å². The summed E-state index contributed by atoms with van der Waals surface area (Å²) >= 11 is 0. The summed E-state index contributed by atoms with van der Waals surface area (Å²) in [6.07, 6.45) is 0.974. The van der Waals surface area contributed by atoms with Gasteiger partial charge in [0.15, 0.2) is 6.10 Å². The van der Waals surface area contributed by atoms with Gasteiger partial charge in [-0.15, -0.1) is 0 Å². The van der Waals surface area contributed by atoms with Crippen molar-refractivity contribution in [2.45, 2.75) is 45.3 Å². The van der Waals surface area contributed by atoms with Crippen LogP contribution in [0.1, 0.15) is 32.8 Å². The van der Waals surface area contributed by atoms with Crippen LogP contribution in [0.2, 0.25) is 0 Å². The highest BCUT2D eigenvalue weighted by molar-refractivity contribution is 5.82. The highest BCUT2D eigenvalue weighted by Gasteiger charge is 2.32. The predicted octanol–water partition coefficient (Wildman–Crippen LogP) is 1.90. The molecule has 0 aliphatic carbocycles. The second-order valence-electron chi connectivity index (χ2n) is 5.80. The second-order valence-corrected chi connectivity index (χ2v) is 5.80. The molecular formula is C16H23NO3. The highest BCUT2D eigenvalue weighted by Crippen LogP contribution is 2.28. The monoisotopic (exact) mass is 277 g/mol. The van der Waals surface area contributed by atoms with Gasteiger partial charge in [-0.05, 0) is 24.5 Å². The lowest BCUT2D eigenvalue weighted by atomic mass is 9.88. The lowest BCUT2D eigenvalue weighted by molar-refractivity contribution is -0.128. The number of hydrogen-bond donors (Lipinski definition) is 2. The van der Waals surface area contributed by atoms with E-state index < -0.39 is 11.7 Å². The number of nitrogens with one attached hydrogen (secondary N) is 1. The van der Waals surface area contributed by atoms with Crippen molar-refractivity contribution in [3.8, 4) is 5.75 Å². The highest BCUT2D eigenvalue weighted by atomic mass is 16.5. The molecule has 3 unspecified atom stereocenters. The van der Waals surface area contributed by atoms with Gasteiger partial charge >= 0.3 is 0 Å². The van der Waals surface area contributed by atoms with Gasteiger partial charge in [-0.1, -0.05) is 38.5 Å². The Kier molecular flexibility index (Phi) is 4.33. The fraction of sp³-hybridized carbons (Fsp3) is 0.562. The summed E-state index contributed by atoms with van der Waals surface area (Å²) in [5.74, 6) is 0.746. The Labute approximate surface area is 120 Å². The van der Waals surface area contributed by atoms with Crippen LogP contribution in [0.15, 0.2) is 24.3 Å². The van der Waals surface area contributed by atoms with Crippen LogP contribution in [0, 0.1) is 5.92 Å². The normalized spacial score (nSPS) is 21.5. The third kappa shape index (κ3) is 3.12. The minimum absolute atomic E-state index is 0.129. The number of carbonyl (C=O) groups excluding carboxylic acids is 1. The van der Waals surface area contributed by atoms with Crippen molar-refractivity contribution in [1.29, 1.82) is 0 Å². The molecule has 0 aromatic heterocycles. The summed E-state index contributed by atoms with van der Waals surface area (Å²) < 4.78 is 5.63. The van der Waals surface area contributed by atoms with Crippen molar-refractivity contribution >= 4 is 5.91 Å². The molecule has 0 spiro atoms. The first-order valence-corrected chi connectivity index (χ1v) is 7.18. The number of rotatable bonds is 5. The molecular weight excluding hydrogens is 254 g/mol. The molecule has 1 aliphatic rings. The van der Waals surface area contributed by atoms with Crippen molar-refractivity contribution in [2.75, 3.05) is 6.54 Å². The van der Waals surface area contributed by atoms with Crippen LogP contribution >= 0.6 is 0 Å². The van der Waals surface area contributed by atoms with Crippen molar-refractivity contribution in [1.82, 2.24) is 5.32 Å². The Hall–Kier alpha value is -1.55. The van der Waals surface area contributed by atoms with Crippen molar-refractivity contribution < 1.29 is 14.6 Å². The molecule has 1 heterocycles. The average molecular weight is 277 g/mol. The quantitative estimate of drug-likeness (QED) is 0.864. The van der Waals surface area contributed by atoms with Gasteiger partial charge in [0.05, 0.1) is 5.60 Å². The summed E-state index contributed by atoms with van der Waals surface area (Å²) in [7, 11) is 0. The van der Waals surface area contributed by atoms with Crippen LogP contribution in [0.5, 0.6) is 5.75 Å². The zero-order valence-electron chi connectivity index (χ0n) is 12.3. The van der Waals surface area contributed by atoms with E-state index in [2.05, 4.69) is 5.32 Å². The average Bonchev–Trinajstić information content (AvgIpc) is 2.87. The number of aliphatic hydroxyl groups is 1. The zero-order valence-corrected chi connectivity index (χ0v) is 12.3. The van der Waals surface area contributed by atoms with E-state index in [9.17, 15) is 9.90 Å². The fourth-order valence-corrected chi connectivity index (χ4v) is 2.32. The van der Waals surface area contributed by atoms with E-state index in [4.69, 9.17) is 4.74 Å². The van der Waals surface area contributed by atoms with Crippen LogP contribution < -0.4 is 10.1 Å². The van der Waals surface area contributed by atoms with E-state index in [-0.39, 0.29) is 18.4 Å². The molecule has 110 valence electrons. The van der Waals surface area contributed by atoms with E-state index in [1.807, 2.05) is 38.1 Å². The van der Waals surface area contributed by atoms with Crippen LogP contribution in [-0.2, 0) is 11.2 Å². The number of carbonyl (C=O) groups is 1. The van der Waals surface area contributed by atoms with Crippen molar-refractivity contribution in [2.24, 2.45) is 5.92 Å². The predicted molar refractivity (Wildman–Crippen MR) is 77.7 cm³/mol. The molecule has 2 rings (SSSR count). The van der Waals surface area contributed by atoms with Gasteiger partial charge in [-0.3, -0.25) is 4.79 Å². The Bertz CT molecular complexity index is 459. The number of ether oxygens (including phenoxy) is 1. The van der Waals surface area contributed by atoms with Crippen LogP contribution in [-0.4, -0.2) is 29.3 Å². The van der Waals surface area contributed by atoms with E-state index in [0.29, 0.717) is 6.42 Å². The molecule has 0 saturated carbocycles. The van der Waals surface area contributed by atoms with Gasteiger partial charge in [0, 0.05) is 13.0 Å². The molecule has 1 aromatic rings. The molecule has 1 amide bonds. The van der Waals surface area contributed by atoms with E-state index in [1.165, 1.54) is 0 Å². The molecule has 20 heavy (non-hydrogen) atoms. The third-order valence-electron chi connectivity index (χ3n) is 4.23. The first-order chi connectivity index (χ1) is 9.44. The van der Waals surface area contributed by atoms with Gasteiger partial charge in [0.25, 0.3) is 5.91 Å². The maximum atomic E-state index is 12.1. The molecule has 4 nitrogen and oxygen atoms in total. The van der Waals surface area contributed by atoms with E-state index in [1.54, 1.807) is 6.92 Å². The first-order valence-electron chi connectivity index (χ1n) is 7.18. The minimum Gasteiger partial charge on any atom is -0.480 e. The molecule has 0 radical (unpaired) electrons. The number of amides is 1. The molecule has 0 saturated heterocycles. The Morgan fingerprint density at radius 2 is 2.25 bits per heavy atom. The molecule has 0 bridgehead atoms. The van der Waals surface area contributed by atoms with Crippen LogP contribution in [0.3, 0.4) is 0 Å². The minimum atomic E-state index is -0.893. The Morgan fingerprint density at radius 1 is 1.55 bits per heavy atom. The summed E-state index contributed by atoms with van der Waals surface area (Å²) in [6.45, 7) is 6.01. The molecule has 0 fully saturated rings. The van der Waals surface area contributed by atoms with Crippen LogP contribution in [0.4, 0.5) is 0 Å². The summed E-state index contributed by atoms with van der Waals surface area (Å²) in [5.41, 5.74) is 0.164. The maximum Gasteiger partial charge on any atom is 0.261 e. The molecule has 1 aliphatic heterocycles. The topological polar surface area (TPSA) is 58.6 Å². The van der Waals surface area contributed by atoms with Crippen LogP contribution in [0.25, 0.3) is 0 Å². The largest absolute Gasteiger partial charge is 0.480 e. The standard InChI is InChI=1S/C16H23NO3/c1-4-11(2)16(3,19)10-17-15(18)14-9-12-7-5-6-8-13(12)20-14/h5-8,11,14,19H,4,9-10H2,1-3H3,(H,17,18). The van der Waals surface area contributed by atoms with Gasteiger partial charge in [-0.25, -0.2) is 0 Å². The zero-order chi connectivity index (χ0) is 14.8. The number of para-hydroxylation sites is 1. The van der Waals surface area contributed by atoms with Gasteiger partial charge < -0.3 is 15.2 Å². The van der Waals surface area contributed by atoms with Crippen molar-refractivity contribution in [3.63, 3.8) is 0 Å². The third-order valence-corrected chi connectivity index (χ3v) is 4.23. The molecule has 3 atom stereocenters. The summed E-state index contributed by atoms with van der Waals surface area (Å²) in [4.78, 5) is 12.1. The van der Waals surface area contributed by atoms with E-state index >= 15 is 0 Å². The summed E-state index contributed by atoms with van der Waals surface area (Å²) in [5, 5.41) is 13.1. The fourth-order valence-electron chi connectivity index (χ4n) is 2.32. The van der Waals surface area contributed by atoms with Gasteiger partial charge in [-0.2, -0.15) is 0 Å². The van der Waals surface area contributed by atoms with E-state index in [0.717, 1.165) is 17.7 Å². The maximum absolute atomic E-state index is 12.1. The number of hydrogen-bond acceptors (Lipinski definition) is 3. The van der Waals surface area contributed by atoms with Crippen molar-refractivity contribution in [3.05, 3.63) is 29.8 Å². The summed E-state index contributed by atoms with van der Waals surface area (Å²) in [6, 6.07) is 7.68. The first kappa shape index (κ1) is 14.9. The SMILES string of the molecule is CCC(C)C(C)(O)CNC(=O)C1Cc2ccccc2O1. The Morgan fingerprint density at radius 3 is 2.90 bits per heavy atom. The number of benzene rings is 1. The lowest BCUT2D eigenvalue weighted by Crippen LogP contribution is -2.48. The Balaban J connectivity index is 1.89. The molecule has 1 aromatic carbocycles. The smallest absolute Gasteiger partial charge is 0.261 e. The number of fused-ring (bicyclic) bond motifs is 1. The van der Waals surface area contributed by atoms with Gasteiger partial charge in [0.2, 0.25) is 0 Å². The second kappa shape index (κ2) is 5.83. The molecule has 4 heteroatoms.